The van der Waals surface area contributed by atoms with Gasteiger partial charge in [-0.15, -0.1) is 5.73 Å². The molecule has 1 aromatic carbocycles. The maximum Gasteiger partial charge on any atom is 0.141 e. The number of nitrogens with one attached hydrogen (secondary N) is 1. The fourth-order valence-electron chi connectivity index (χ4n) is 2.89. The summed E-state index contributed by atoms with van der Waals surface area (Å²) in [5.41, 5.74) is 8.71. The number of allylic oxidation sites excluding steroid dienone is 5. The van der Waals surface area contributed by atoms with Crippen molar-refractivity contribution in [3.8, 4) is 0 Å². The molecule has 0 fully saturated rings. The van der Waals surface area contributed by atoms with E-state index in [-0.39, 0.29) is 5.02 Å². The maximum atomic E-state index is 13.6. The number of hydrogen-bond acceptors (Lipinski definition) is 2. The van der Waals surface area contributed by atoms with Crippen LogP contribution in [0.1, 0.15) is 28.9 Å². The molecule has 0 amide bonds. The van der Waals surface area contributed by atoms with Gasteiger partial charge in [-0.3, -0.25) is 4.98 Å². The second kappa shape index (κ2) is 8.09. The molecule has 2 nitrogen and oxygen atoms in total. The average Bonchev–Trinajstić information content (AvgIpc) is 2.88. The second-order valence-electron chi connectivity index (χ2n) is 5.97. The minimum atomic E-state index is -0.436. The van der Waals surface area contributed by atoms with E-state index in [1.54, 1.807) is 12.1 Å². The van der Waals surface area contributed by atoms with E-state index in [1.807, 2.05) is 43.4 Å². The molecule has 0 spiro atoms. The van der Waals surface area contributed by atoms with Crippen LogP contribution >= 0.6 is 11.6 Å². The van der Waals surface area contributed by atoms with E-state index in [1.165, 1.54) is 12.3 Å². The van der Waals surface area contributed by atoms with Crippen molar-refractivity contribution < 1.29 is 4.39 Å². The quantitative estimate of drug-likeness (QED) is 0.516. The molecule has 0 saturated carbocycles. The van der Waals surface area contributed by atoms with Gasteiger partial charge in [0.05, 0.1) is 5.02 Å². The van der Waals surface area contributed by atoms with Crippen LogP contribution in [0.15, 0.2) is 60.4 Å². The SMILES string of the molecule is Cc1nc(CCC=N)ccc1C1=C(c2ccc(F)c(Cl)c2)C=C=CC=C1. The van der Waals surface area contributed by atoms with Gasteiger partial charge < -0.3 is 5.41 Å². The standard InChI is InChI=1S/C22H18ClFN2/c1-15-18(11-10-17(26-15)6-5-13-25)20-8-4-2-3-7-19(20)16-9-12-22(24)21(23)14-16/h2,4,7-14,25H,5-6H2,1H3. The minimum absolute atomic E-state index is 0.0943. The van der Waals surface area contributed by atoms with Gasteiger partial charge >= 0.3 is 0 Å². The van der Waals surface area contributed by atoms with Crippen molar-refractivity contribution >= 4 is 29.0 Å². The number of aryl methyl sites for hydroxylation is 2. The number of hydrogen-bond donors (Lipinski definition) is 1. The van der Waals surface area contributed by atoms with Crippen molar-refractivity contribution in [1.82, 2.24) is 4.98 Å². The summed E-state index contributed by atoms with van der Waals surface area (Å²) in [5, 5.41) is 7.26. The molecule has 2 aromatic rings. The summed E-state index contributed by atoms with van der Waals surface area (Å²) in [7, 11) is 0. The third-order valence-electron chi connectivity index (χ3n) is 4.18. The topological polar surface area (TPSA) is 36.7 Å². The number of halogens is 2. The zero-order valence-electron chi connectivity index (χ0n) is 14.4. The molecule has 0 aliphatic heterocycles. The van der Waals surface area contributed by atoms with E-state index >= 15 is 0 Å². The predicted molar refractivity (Wildman–Crippen MR) is 106 cm³/mol. The van der Waals surface area contributed by atoms with Crippen molar-refractivity contribution in [3.05, 3.63) is 93.7 Å². The Morgan fingerprint density at radius 3 is 2.81 bits per heavy atom. The van der Waals surface area contributed by atoms with Crippen LogP contribution in [0.3, 0.4) is 0 Å². The normalized spacial score (nSPS) is 13.2. The van der Waals surface area contributed by atoms with E-state index in [0.29, 0.717) is 6.42 Å². The van der Waals surface area contributed by atoms with Gasteiger partial charge in [0.15, 0.2) is 0 Å². The summed E-state index contributed by atoms with van der Waals surface area (Å²) in [4.78, 5) is 4.67. The molecule has 0 radical (unpaired) electrons. The first-order valence-corrected chi connectivity index (χ1v) is 8.72. The molecule has 1 aliphatic rings. The smallest absolute Gasteiger partial charge is 0.141 e. The van der Waals surface area contributed by atoms with Gasteiger partial charge in [0.2, 0.25) is 0 Å². The Morgan fingerprint density at radius 2 is 2.08 bits per heavy atom. The van der Waals surface area contributed by atoms with E-state index < -0.39 is 5.82 Å². The van der Waals surface area contributed by atoms with E-state index in [0.717, 1.165) is 40.1 Å². The predicted octanol–water partition coefficient (Wildman–Crippen LogP) is 5.96. The Hall–Kier alpha value is -2.74. The largest absolute Gasteiger partial charge is 0.313 e. The molecule has 0 saturated heterocycles. The number of nitrogens with zero attached hydrogens (tertiary/aromatic N) is 1. The molecule has 1 aromatic heterocycles. The van der Waals surface area contributed by atoms with Gasteiger partial charge in [-0.05, 0) is 73.0 Å². The van der Waals surface area contributed by atoms with Crippen LogP contribution in [0.4, 0.5) is 4.39 Å². The summed E-state index contributed by atoms with van der Waals surface area (Å²) in [5.74, 6) is -0.436. The molecule has 0 unspecified atom stereocenters. The monoisotopic (exact) mass is 364 g/mol. The molecule has 3 rings (SSSR count). The van der Waals surface area contributed by atoms with Crippen molar-refractivity contribution in [3.63, 3.8) is 0 Å². The van der Waals surface area contributed by atoms with Crippen LogP contribution in [0.25, 0.3) is 11.1 Å². The third kappa shape index (κ3) is 3.91. The molecule has 0 bridgehead atoms. The Balaban J connectivity index is 2.12. The molecule has 1 heterocycles. The van der Waals surface area contributed by atoms with Crippen LogP contribution in [0, 0.1) is 18.2 Å². The van der Waals surface area contributed by atoms with Gasteiger partial charge in [0, 0.05) is 17.0 Å². The summed E-state index contributed by atoms with van der Waals surface area (Å²) in [6.45, 7) is 1.97. The molecular formula is C22H18ClFN2. The van der Waals surface area contributed by atoms with E-state index in [4.69, 9.17) is 17.0 Å². The molecule has 4 heteroatoms. The van der Waals surface area contributed by atoms with Crippen molar-refractivity contribution in [2.24, 2.45) is 0 Å². The lowest BCUT2D eigenvalue weighted by molar-refractivity contribution is 0.628. The molecule has 130 valence electrons. The van der Waals surface area contributed by atoms with Crippen LogP contribution < -0.4 is 0 Å². The van der Waals surface area contributed by atoms with Crippen LogP contribution in [0.5, 0.6) is 0 Å². The lowest BCUT2D eigenvalue weighted by atomic mass is 9.93. The second-order valence-corrected chi connectivity index (χ2v) is 6.38. The molecule has 0 atom stereocenters. The Labute approximate surface area is 157 Å². The van der Waals surface area contributed by atoms with Crippen LogP contribution in [0.2, 0.25) is 5.02 Å². The fraction of sp³-hybridized carbons (Fsp3) is 0.136. The maximum absolute atomic E-state index is 13.6. The number of pyridine rings is 1. The Bertz CT molecular complexity index is 980. The van der Waals surface area contributed by atoms with Gasteiger partial charge in [-0.1, -0.05) is 35.9 Å². The summed E-state index contributed by atoms with van der Waals surface area (Å²) in [6, 6.07) is 8.76. The van der Waals surface area contributed by atoms with Crippen LogP contribution in [-0.2, 0) is 6.42 Å². The fourth-order valence-corrected chi connectivity index (χ4v) is 3.07. The van der Waals surface area contributed by atoms with Gasteiger partial charge in [-0.25, -0.2) is 4.39 Å². The highest BCUT2D eigenvalue weighted by Crippen LogP contribution is 2.32. The third-order valence-corrected chi connectivity index (χ3v) is 4.47. The lowest BCUT2D eigenvalue weighted by Crippen LogP contribution is -1.99. The molecule has 26 heavy (non-hydrogen) atoms. The lowest BCUT2D eigenvalue weighted by Gasteiger charge is -2.13. The first-order chi connectivity index (χ1) is 12.6. The van der Waals surface area contributed by atoms with E-state index in [2.05, 4.69) is 10.7 Å². The molecule has 1 N–H and O–H groups in total. The highest BCUT2D eigenvalue weighted by Gasteiger charge is 2.13. The minimum Gasteiger partial charge on any atom is -0.313 e. The summed E-state index contributed by atoms with van der Waals surface area (Å²) < 4.78 is 13.6. The first kappa shape index (κ1) is 18.1. The van der Waals surface area contributed by atoms with Gasteiger partial charge in [0.1, 0.15) is 5.82 Å². The average molecular weight is 365 g/mol. The highest BCUT2D eigenvalue weighted by molar-refractivity contribution is 6.31. The zero-order chi connectivity index (χ0) is 18.5. The number of rotatable bonds is 5. The molecule has 1 aliphatic carbocycles. The van der Waals surface area contributed by atoms with Gasteiger partial charge in [0.25, 0.3) is 0 Å². The van der Waals surface area contributed by atoms with Crippen molar-refractivity contribution in [2.45, 2.75) is 19.8 Å². The van der Waals surface area contributed by atoms with E-state index in [9.17, 15) is 4.39 Å². The Morgan fingerprint density at radius 1 is 1.23 bits per heavy atom. The zero-order valence-corrected chi connectivity index (χ0v) is 15.1. The highest BCUT2D eigenvalue weighted by atomic mass is 35.5. The molecular weight excluding hydrogens is 347 g/mol. The Kier molecular flexibility index (Phi) is 5.62. The number of aromatic nitrogens is 1. The summed E-state index contributed by atoms with van der Waals surface area (Å²) in [6.07, 6.45) is 10.5. The van der Waals surface area contributed by atoms with Crippen molar-refractivity contribution in [1.29, 1.82) is 5.41 Å². The van der Waals surface area contributed by atoms with Crippen molar-refractivity contribution in [2.75, 3.05) is 0 Å². The summed E-state index contributed by atoms with van der Waals surface area (Å²) >= 11 is 5.98. The van der Waals surface area contributed by atoms with Gasteiger partial charge in [-0.2, -0.15) is 0 Å². The van der Waals surface area contributed by atoms with Crippen LogP contribution in [-0.4, -0.2) is 11.2 Å². The number of benzene rings is 1. The first-order valence-electron chi connectivity index (χ1n) is 8.35.